The Hall–Kier alpha value is -0.200. The molecular formula is C7H10BrN3OS. The third kappa shape index (κ3) is 2.00. The van der Waals surface area contributed by atoms with Crippen LogP contribution in [0.25, 0.3) is 0 Å². The minimum absolute atomic E-state index is 0.390. The average Bonchev–Trinajstić information content (AvgIpc) is 2.70. The minimum atomic E-state index is 0.390. The smallest absolute Gasteiger partial charge is 0.208 e. The lowest BCUT2D eigenvalue weighted by atomic mass is 10.3. The van der Waals surface area contributed by atoms with Crippen molar-refractivity contribution in [1.82, 2.24) is 10.2 Å². The second kappa shape index (κ2) is 4.34. The molecule has 0 saturated carbocycles. The molecule has 2 rings (SSSR count). The Labute approximate surface area is 89.0 Å². The molecule has 0 aromatic carbocycles. The Kier molecular flexibility index (Phi) is 3.13. The fraction of sp³-hybridized carbons (Fsp3) is 0.714. The van der Waals surface area contributed by atoms with Crippen LogP contribution in [-0.4, -0.2) is 41.3 Å². The van der Waals surface area contributed by atoms with Gasteiger partial charge in [0.15, 0.2) is 0 Å². The van der Waals surface area contributed by atoms with E-state index >= 15 is 0 Å². The first-order valence-corrected chi connectivity index (χ1v) is 6.08. The van der Waals surface area contributed by atoms with Gasteiger partial charge in [-0.25, -0.2) is 0 Å². The van der Waals surface area contributed by atoms with Gasteiger partial charge in [0.25, 0.3) is 0 Å². The van der Waals surface area contributed by atoms with Crippen LogP contribution in [0.2, 0.25) is 0 Å². The number of halogens is 1. The van der Waals surface area contributed by atoms with Crippen molar-refractivity contribution in [2.75, 3.05) is 30.0 Å². The molecule has 1 aromatic rings. The Morgan fingerprint density at radius 1 is 1.77 bits per heavy atom. The van der Waals surface area contributed by atoms with Gasteiger partial charge >= 0.3 is 0 Å². The van der Waals surface area contributed by atoms with E-state index in [9.17, 15) is 0 Å². The molecule has 0 radical (unpaired) electrons. The number of rotatable bonds is 2. The molecular weight excluding hydrogens is 254 g/mol. The molecule has 1 saturated heterocycles. The number of hydrogen-bond donors (Lipinski definition) is 0. The Balaban J connectivity index is 2.11. The van der Waals surface area contributed by atoms with E-state index in [0.717, 1.165) is 30.2 Å². The predicted octanol–water partition coefficient (Wildman–Crippen LogP) is 1.14. The van der Waals surface area contributed by atoms with E-state index in [2.05, 4.69) is 31.0 Å². The maximum Gasteiger partial charge on any atom is 0.208 e. The monoisotopic (exact) mass is 263 g/mol. The van der Waals surface area contributed by atoms with E-state index in [1.54, 1.807) is 16.8 Å². The van der Waals surface area contributed by atoms with Crippen LogP contribution in [0.1, 0.15) is 0 Å². The second-order valence-electron chi connectivity index (χ2n) is 2.80. The zero-order chi connectivity index (χ0) is 9.10. The van der Waals surface area contributed by atoms with Gasteiger partial charge in [0.1, 0.15) is 5.51 Å². The van der Waals surface area contributed by atoms with E-state index in [1.165, 1.54) is 0 Å². The van der Waals surface area contributed by atoms with Gasteiger partial charge in [-0.3, -0.25) is 0 Å². The van der Waals surface area contributed by atoms with Gasteiger partial charge in [0.05, 0.1) is 19.3 Å². The van der Waals surface area contributed by atoms with Crippen LogP contribution in [0, 0.1) is 0 Å². The highest BCUT2D eigenvalue weighted by atomic mass is 79.9. The topological polar surface area (TPSA) is 38.2 Å². The SMILES string of the molecule is BrCC1COCCN1c1nncs1. The van der Waals surface area contributed by atoms with E-state index in [0.29, 0.717) is 6.04 Å². The molecule has 0 aliphatic carbocycles. The Morgan fingerprint density at radius 2 is 2.69 bits per heavy atom. The first kappa shape index (κ1) is 9.36. The van der Waals surface area contributed by atoms with Crippen LogP contribution in [0.5, 0.6) is 0 Å². The normalized spacial score (nSPS) is 23.5. The molecule has 4 nitrogen and oxygen atoms in total. The van der Waals surface area contributed by atoms with Crippen LogP contribution in [0.15, 0.2) is 5.51 Å². The van der Waals surface area contributed by atoms with Crippen molar-refractivity contribution in [2.24, 2.45) is 0 Å². The highest BCUT2D eigenvalue weighted by Crippen LogP contribution is 2.21. The number of anilines is 1. The highest BCUT2D eigenvalue weighted by Gasteiger charge is 2.23. The van der Waals surface area contributed by atoms with Crippen LogP contribution in [0.3, 0.4) is 0 Å². The molecule has 13 heavy (non-hydrogen) atoms. The Morgan fingerprint density at radius 3 is 3.38 bits per heavy atom. The lowest BCUT2D eigenvalue weighted by Gasteiger charge is -2.33. The summed E-state index contributed by atoms with van der Waals surface area (Å²) >= 11 is 5.05. The van der Waals surface area contributed by atoms with Crippen LogP contribution >= 0.6 is 27.3 Å². The minimum Gasteiger partial charge on any atom is -0.377 e. The standard InChI is InChI=1S/C7H10BrN3OS/c8-3-6-4-12-2-1-11(6)7-10-9-5-13-7/h5-6H,1-4H2. The second-order valence-corrected chi connectivity index (χ2v) is 4.26. The molecule has 0 amide bonds. The third-order valence-corrected chi connectivity index (χ3v) is 3.47. The number of nitrogens with zero attached hydrogens (tertiary/aromatic N) is 3. The summed E-state index contributed by atoms with van der Waals surface area (Å²) in [4.78, 5) is 2.25. The summed E-state index contributed by atoms with van der Waals surface area (Å²) in [6.45, 7) is 2.46. The largest absolute Gasteiger partial charge is 0.377 e. The molecule has 0 bridgehead atoms. The molecule has 1 atom stereocenters. The van der Waals surface area contributed by atoms with Gasteiger partial charge < -0.3 is 9.64 Å². The summed E-state index contributed by atoms with van der Waals surface area (Å²) in [6.07, 6.45) is 0. The van der Waals surface area contributed by atoms with Crippen molar-refractivity contribution < 1.29 is 4.74 Å². The van der Waals surface area contributed by atoms with E-state index in [1.807, 2.05) is 0 Å². The van der Waals surface area contributed by atoms with Crippen molar-refractivity contribution in [2.45, 2.75) is 6.04 Å². The molecule has 1 aliphatic heterocycles. The van der Waals surface area contributed by atoms with Gasteiger partial charge in [-0.15, -0.1) is 10.2 Å². The number of morpholine rings is 1. The zero-order valence-electron chi connectivity index (χ0n) is 7.02. The average molecular weight is 264 g/mol. The summed E-state index contributed by atoms with van der Waals surface area (Å²) < 4.78 is 5.39. The van der Waals surface area contributed by atoms with Crippen molar-refractivity contribution >= 4 is 32.4 Å². The molecule has 0 N–H and O–H groups in total. The maximum absolute atomic E-state index is 5.39. The van der Waals surface area contributed by atoms with E-state index in [-0.39, 0.29) is 0 Å². The molecule has 1 fully saturated rings. The molecule has 1 aliphatic rings. The van der Waals surface area contributed by atoms with Crippen molar-refractivity contribution in [3.05, 3.63) is 5.51 Å². The maximum atomic E-state index is 5.39. The molecule has 72 valence electrons. The number of ether oxygens (including phenoxy) is 1. The van der Waals surface area contributed by atoms with Crippen LogP contribution < -0.4 is 4.90 Å². The first-order valence-electron chi connectivity index (χ1n) is 4.08. The van der Waals surface area contributed by atoms with Gasteiger partial charge in [0.2, 0.25) is 5.13 Å². The number of alkyl halides is 1. The Bertz CT molecular complexity index is 256. The van der Waals surface area contributed by atoms with E-state index < -0.39 is 0 Å². The molecule has 6 heteroatoms. The van der Waals surface area contributed by atoms with Crippen molar-refractivity contribution in [3.63, 3.8) is 0 Å². The van der Waals surface area contributed by atoms with Crippen molar-refractivity contribution in [1.29, 1.82) is 0 Å². The fourth-order valence-corrected chi connectivity index (χ4v) is 2.52. The first-order chi connectivity index (χ1) is 6.42. The van der Waals surface area contributed by atoms with Crippen LogP contribution in [0.4, 0.5) is 5.13 Å². The molecule has 1 unspecified atom stereocenters. The summed E-state index contributed by atoms with van der Waals surface area (Å²) in [7, 11) is 0. The molecule has 2 heterocycles. The van der Waals surface area contributed by atoms with Crippen LogP contribution in [-0.2, 0) is 4.74 Å². The summed E-state index contributed by atoms with van der Waals surface area (Å²) in [5.41, 5.74) is 1.76. The summed E-state index contributed by atoms with van der Waals surface area (Å²) in [5.74, 6) is 0. The molecule has 1 aromatic heterocycles. The molecule has 0 spiro atoms. The predicted molar refractivity (Wildman–Crippen MR) is 55.7 cm³/mol. The lowest BCUT2D eigenvalue weighted by molar-refractivity contribution is 0.100. The lowest BCUT2D eigenvalue weighted by Crippen LogP contribution is -2.46. The summed E-state index contributed by atoms with van der Waals surface area (Å²) in [5, 5.41) is 9.80. The fourth-order valence-electron chi connectivity index (χ4n) is 1.33. The van der Waals surface area contributed by atoms with Gasteiger partial charge in [-0.1, -0.05) is 27.3 Å². The van der Waals surface area contributed by atoms with Gasteiger partial charge in [-0.2, -0.15) is 0 Å². The quantitative estimate of drug-likeness (QED) is 0.751. The number of aromatic nitrogens is 2. The highest BCUT2D eigenvalue weighted by molar-refractivity contribution is 9.09. The van der Waals surface area contributed by atoms with Gasteiger partial charge in [0, 0.05) is 11.9 Å². The summed E-state index contributed by atoms with van der Waals surface area (Å²) in [6, 6.07) is 0.390. The van der Waals surface area contributed by atoms with Crippen molar-refractivity contribution in [3.8, 4) is 0 Å². The number of hydrogen-bond acceptors (Lipinski definition) is 5. The third-order valence-electron chi connectivity index (χ3n) is 2.00. The van der Waals surface area contributed by atoms with E-state index in [4.69, 9.17) is 4.74 Å². The van der Waals surface area contributed by atoms with Gasteiger partial charge in [-0.05, 0) is 0 Å². The zero-order valence-corrected chi connectivity index (χ0v) is 9.42.